The number of hydrogen-bond acceptors (Lipinski definition) is 0. The number of hydrogen-bond donors (Lipinski definition) is 0. The zero-order valence-electron chi connectivity index (χ0n) is 19.0. The fourth-order valence-electron chi connectivity index (χ4n) is 5.91. The molecule has 0 nitrogen and oxygen atoms in total. The van der Waals surface area contributed by atoms with Crippen molar-refractivity contribution >= 4 is 0 Å². The van der Waals surface area contributed by atoms with Crippen molar-refractivity contribution in [2.24, 2.45) is 22.7 Å². The molecule has 0 bridgehead atoms. The first-order valence-electron chi connectivity index (χ1n) is 10.2. The summed E-state index contributed by atoms with van der Waals surface area (Å²) in [5, 5.41) is 0. The number of rotatable bonds is 2. The largest absolute Gasteiger partial charge is 1.00 e. The van der Waals surface area contributed by atoms with Crippen molar-refractivity contribution < 1.29 is 44.8 Å². The first kappa shape index (κ1) is 25.4. The Balaban J connectivity index is 0.00000182. The molecule has 1 fully saturated rings. The molecule has 2 atom stereocenters. The van der Waals surface area contributed by atoms with Crippen LogP contribution in [0.1, 0.15) is 69.2 Å². The van der Waals surface area contributed by atoms with E-state index in [1.807, 2.05) is 6.66 Å². The minimum Gasteiger partial charge on any atom is -1.00 e. The SMILES string of the molecule is CC1=[C]([Hf+2]2([C]3=C(C)C(C(C)(C)C)=CC3C)[CH2][CH2]2)C(C)C=C1C(C)(C)C.[Cl-].[Cl-]. The van der Waals surface area contributed by atoms with Gasteiger partial charge in [0.1, 0.15) is 0 Å². The average Bonchev–Trinajstić information content (AvgIpc) is 3.04. The van der Waals surface area contributed by atoms with Crippen LogP contribution in [0, 0.1) is 22.7 Å². The van der Waals surface area contributed by atoms with Gasteiger partial charge in [-0.3, -0.25) is 0 Å². The van der Waals surface area contributed by atoms with Crippen LogP contribution in [0.2, 0.25) is 8.35 Å². The molecule has 0 N–H and O–H groups in total. The van der Waals surface area contributed by atoms with Crippen molar-refractivity contribution in [3.63, 3.8) is 0 Å². The summed E-state index contributed by atoms with van der Waals surface area (Å²) in [7, 11) is 0. The fourth-order valence-corrected chi connectivity index (χ4v) is 32.1. The summed E-state index contributed by atoms with van der Waals surface area (Å²) in [6, 6.07) is 0. The Labute approximate surface area is 185 Å². The van der Waals surface area contributed by atoms with Crippen LogP contribution in [0.4, 0.5) is 0 Å². The van der Waals surface area contributed by atoms with E-state index in [4.69, 9.17) is 0 Å². The molecule has 152 valence electrons. The smallest absolute Gasteiger partial charge is 1.00 e. The first-order chi connectivity index (χ1) is 11.3. The summed E-state index contributed by atoms with van der Waals surface area (Å²) in [6.45, 7) is 24.2. The van der Waals surface area contributed by atoms with E-state index in [0.29, 0.717) is 11.8 Å². The molecule has 0 spiro atoms. The maximum atomic E-state index is 2.61. The van der Waals surface area contributed by atoms with Gasteiger partial charge in [0.15, 0.2) is 0 Å². The summed E-state index contributed by atoms with van der Waals surface area (Å²) in [5.41, 5.74) is 7.21. The summed E-state index contributed by atoms with van der Waals surface area (Å²) in [6.07, 6.45) is 5.22. The minimum atomic E-state index is -2.49. The molecule has 3 heteroatoms. The Morgan fingerprint density at radius 3 is 1.19 bits per heavy atom. The van der Waals surface area contributed by atoms with Gasteiger partial charge in [-0.2, -0.15) is 0 Å². The summed E-state index contributed by atoms with van der Waals surface area (Å²) in [4.78, 5) is 0. The van der Waals surface area contributed by atoms with Crippen LogP contribution in [0.5, 0.6) is 0 Å². The van der Waals surface area contributed by atoms with Gasteiger partial charge < -0.3 is 24.8 Å². The van der Waals surface area contributed by atoms with Crippen LogP contribution in [0.3, 0.4) is 0 Å². The Morgan fingerprint density at radius 2 is 1.00 bits per heavy atom. The zero-order valence-corrected chi connectivity index (χ0v) is 24.1. The van der Waals surface area contributed by atoms with Crippen molar-refractivity contribution in [3.8, 4) is 0 Å². The van der Waals surface area contributed by atoms with E-state index in [1.165, 1.54) is 0 Å². The standard InChI is InChI=1S/2C11H17.C2H4.2ClH.Hf/c2*1-8-6-9(2)10(7-8)11(3,4)5;1-2;;;/h2*7-8H,1-5H3;1-2H2;2*1H;/q;;;;;+2/p-2. The number of allylic oxidation sites excluding steroid dienone is 8. The average molecular weight is 576 g/mol. The van der Waals surface area contributed by atoms with Gasteiger partial charge in [0.2, 0.25) is 0 Å². The maximum Gasteiger partial charge on any atom is -1.00 e. The molecule has 0 aromatic carbocycles. The third-order valence-corrected chi connectivity index (χ3v) is 25.5. The van der Waals surface area contributed by atoms with E-state index in [-0.39, 0.29) is 35.6 Å². The maximum absolute atomic E-state index is 2.61. The summed E-state index contributed by atoms with van der Waals surface area (Å²) in [5.74, 6) is 1.37. The molecule has 0 aromatic rings. The Bertz CT molecular complexity index is 671. The molecule has 1 saturated heterocycles. The van der Waals surface area contributed by atoms with Crippen molar-refractivity contribution in [2.75, 3.05) is 0 Å². The third-order valence-electron chi connectivity index (χ3n) is 6.76. The Morgan fingerprint density at radius 1 is 0.704 bits per heavy atom. The van der Waals surface area contributed by atoms with Gasteiger partial charge in [-0.05, 0) is 0 Å². The summed E-state index contributed by atoms with van der Waals surface area (Å²) >= 11 is -2.49. The van der Waals surface area contributed by atoms with Crippen LogP contribution in [-0.2, 0) is 20.0 Å². The molecular weight excluding hydrogens is 538 g/mol. The van der Waals surface area contributed by atoms with Gasteiger partial charge in [-0.25, -0.2) is 0 Å². The fraction of sp³-hybridized carbons (Fsp3) is 0.667. The monoisotopic (exact) mass is 576 g/mol. The molecule has 2 unspecified atom stereocenters. The molecule has 1 heterocycles. The van der Waals surface area contributed by atoms with Crippen LogP contribution in [0.15, 0.2) is 41.1 Å². The van der Waals surface area contributed by atoms with Crippen LogP contribution < -0.4 is 24.8 Å². The van der Waals surface area contributed by atoms with E-state index in [2.05, 4.69) is 81.4 Å². The minimum absolute atomic E-state index is 0. The number of halogens is 2. The van der Waals surface area contributed by atoms with E-state index in [9.17, 15) is 0 Å². The van der Waals surface area contributed by atoms with E-state index in [1.54, 1.807) is 30.6 Å². The molecule has 3 aliphatic rings. The Hall–Kier alpha value is 0.410. The topological polar surface area (TPSA) is 0 Å². The summed E-state index contributed by atoms with van der Waals surface area (Å²) < 4.78 is 7.05. The predicted molar refractivity (Wildman–Crippen MR) is 108 cm³/mol. The molecule has 0 aromatic heterocycles. The van der Waals surface area contributed by atoms with Gasteiger partial charge in [0.05, 0.1) is 0 Å². The molecule has 0 amide bonds. The van der Waals surface area contributed by atoms with E-state index < -0.39 is 20.0 Å². The van der Waals surface area contributed by atoms with Gasteiger partial charge in [0, 0.05) is 0 Å². The van der Waals surface area contributed by atoms with Gasteiger partial charge in [-0.15, -0.1) is 0 Å². The third kappa shape index (κ3) is 4.17. The molecule has 27 heavy (non-hydrogen) atoms. The second-order valence-electron chi connectivity index (χ2n) is 10.9. The predicted octanol–water partition coefficient (Wildman–Crippen LogP) is 1.79. The van der Waals surface area contributed by atoms with Gasteiger partial charge >= 0.3 is 161 Å². The van der Waals surface area contributed by atoms with E-state index >= 15 is 0 Å². The van der Waals surface area contributed by atoms with Crippen LogP contribution in [0.25, 0.3) is 0 Å². The van der Waals surface area contributed by atoms with Crippen molar-refractivity contribution in [1.82, 2.24) is 0 Å². The Kier molecular flexibility index (Phi) is 7.46. The van der Waals surface area contributed by atoms with Crippen molar-refractivity contribution in [1.29, 1.82) is 0 Å². The van der Waals surface area contributed by atoms with Gasteiger partial charge in [-0.1, -0.05) is 0 Å². The van der Waals surface area contributed by atoms with E-state index in [0.717, 1.165) is 0 Å². The first-order valence-corrected chi connectivity index (χ1v) is 18.9. The molecule has 0 saturated carbocycles. The van der Waals surface area contributed by atoms with Crippen molar-refractivity contribution in [3.05, 3.63) is 41.1 Å². The van der Waals surface area contributed by atoms with Crippen LogP contribution >= 0.6 is 0 Å². The quantitative estimate of drug-likeness (QED) is 0.441. The zero-order chi connectivity index (χ0) is 18.9. The second kappa shape index (κ2) is 7.92. The molecular formula is C24H38Cl2Hf. The molecule has 0 radical (unpaired) electrons. The van der Waals surface area contributed by atoms with Gasteiger partial charge in [0.25, 0.3) is 0 Å². The molecule has 1 aliphatic heterocycles. The molecule has 3 rings (SSSR count). The van der Waals surface area contributed by atoms with Crippen molar-refractivity contribution in [2.45, 2.75) is 77.6 Å². The van der Waals surface area contributed by atoms with Crippen LogP contribution in [-0.4, -0.2) is 0 Å². The molecule has 2 aliphatic carbocycles. The second-order valence-corrected chi connectivity index (χ2v) is 26.1. The normalized spacial score (nSPS) is 26.0.